The van der Waals surface area contributed by atoms with E-state index in [1.807, 2.05) is 10.7 Å². The summed E-state index contributed by atoms with van der Waals surface area (Å²) in [6.45, 7) is 6.76. The van der Waals surface area contributed by atoms with Gasteiger partial charge in [0.15, 0.2) is 5.65 Å². The molecule has 3 N–H and O–H groups in total. The van der Waals surface area contributed by atoms with Crippen LogP contribution in [0, 0.1) is 12.3 Å². The molecule has 23 heavy (non-hydrogen) atoms. The molecule has 124 valence electrons. The van der Waals surface area contributed by atoms with Gasteiger partial charge in [-0.2, -0.15) is 9.61 Å². The maximum atomic E-state index is 6.06. The van der Waals surface area contributed by atoms with E-state index in [9.17, 15) is 0 Å². The molecular weight excluding hydrogens is 286 g/mol. The number of nitrogens with zero attached hydrogens (tertiary/aromatic N) is 3. The Labute approximate surface area is 137 Å². The highest BCUT2D eigenvalue weighted by molar-refractivity contribution is 5.54. The molecule has 2 aliphatic rings. The van der Waals surface area contributed by atoms with Gasteiger partial charge in [0.1, 0.15) is 5.82 Å². The molecular formula is C18H27N5. The summed E-state index contributed by atoms with van der Waals surface area (Å²) in [5, 5.41) is 8.19. The molecule has 2 aromatic rings. The lowest BCUT2D eigenvalue weighted by Gasteiger charge is -2.21. The zero-order chi connectivity index (χ0) is 16.2. The Morgan fingerprint density at radius 3 is 2.83 bits per heavy atom. The predicted molar refractivity (Wildman–Crippen MR) is 92.7 cm³/mol. The van der Waals surface area contributed by atoms with Crippen molar-refractivity contribution < 1.29 is 0 Å². The van der Waals surface area contributed by atoms with Gasteiger partial charge >= 0.3 is 0 Å². The van der Waals surface area contributed by atoms with Crippen LogP contribution in [-0.4, -0.2) is 26.7 Å². The molecule has 2 heterocycles. The number of aromatic nitrogens is 3. The first-order valence-electron chi connectivity index (χ1n) is 8.84. The largest absolute Gasteiger partial charge is 0.367 e. The lowest BCUT2D eigenvalue weighted by Crippen LogP contribution is -2.22. The molecule has 4 rings (SSSR count). The number of hydrogen-bond donors (Lipinski definition) is 2. The second kappa shape index (κ2) is 5.20. The quantitative estimate of drug-likeness (QED) is 0.909. The van der Waals surface area contributed by atoms with Crippen LogP contribution in [0.3, 0.4) is 0 Å². The van der Waals surface area contributed by atoms with Gasteiger partial charge in [-0.05, 0) is 44.4 Å². The Kier molecular flexibility index (Phi) is 3.38. The summed E-state index contributed by atoms with van der Waals surface area (Å²) in [4.78, 5) is 4.93. The van der Waals surface area contributed by atoms with E-state index >= 15 is 0 Å². The minimum absolute atomic E-state index is 0.327. The number of nitrogens with two attached hydrogens (primary N) is 1. The molecule has 2 aromatic heterocycles. The molecule has 0 spiro atoms. The van der Waals surface area contributed by atoms with E-state index in [0.717, 1.165) is 36.3 Å². The van der Waals surface area contributed by atoms with Crippen LogP contribution in [0.2, 0.25) is 0 Å². The average Bonchev–Trinajstić information content (AvgIpc) is 2.97. The molecule has 3 atom stereocenters. The molecule has 2 saturated carbocycles. The highest BCUT2D eigenvalue weighted by atomic mass is 15.3. The van der Waals surface area contributed by atoms with Crippen molar-refractivity contribution in [1.29, 1.82) is 0 Å². The van der Waals surface area contributed by atoms with Crippen LogP contribution < -0.4 is 11.1 Å². The second-order valence-electron chi connectivity index (χ2n) is 7.92. The number of fused-ring (bicyclic) bond motifs is 1. The van der Waals surface area contributed by atoms with Gasteiger partial charge in [0.2, 0.25) is 0 Å². The van der Waals surface area contributed by atoms with Gasteiger partial charge in [-0.25, -0.2) is 4.98 Å². The van der Waals surface area contributed by atoms with Crippen LogP contribution in [0.15, 0.2) is 12.3 Å². The van der Waals surface area contributed by atoms with Crippen molar-refractivity contribution in [2.45, 2.75) is 70.9 Å². The highest BCUT2D eigenvalue weighted by Gasteiger charge is 2.43. The summed E-state index contributed by atoms with van der Waals surface area (Å²) in [6, 6.07) is 2.98. The SMILES string of the molecule is Cc1cnn2c(N[C@H]3CC[C@H](N)C3)cc([C@H](C)C3(C)CC3)nc12. The van der Waals surface area contributed by atoms with Crippen molar-refractivity contribution in [2.24, 2.45) is 11.1 Å². The Bertz CT molecular complexity index is 730. The van der Waals surface area contributed by atoms with Crippen molar-refractivity contribution in [2.75, 3.05) is 5.32 Å². The van der Waals surface area contributed by atoms with Crippen molar-refractivity contribution in [3.63, 3.8) is 0 Å². The zero-order valence-corrected chi connectivity index (χ0v) is 14.3. The number of nitrogens with one attached hydrogen (secondary N) is 1. The molecule has 5 nitrogen and oxygen atoms in total. The second-order valence-corrected chi connectivity index (χ2v) is 7.92. The van der Waals surface area contributed by atoms with E-state index in [4.69, 9.17) is 10.7 Å². The summed E-state index contributed by atoms with van der Waals surface area (Å²) in [6.07, 6.45) is 7.78. The number of aryl methyl sites for hydroxylation is 1. The minimum Gasteiger partial charge on any atom is -0.367 e. The summed E-state index contributed by atoms with van der Waals surface area (Å²) >= 11 is 0. The molecule has 0 bridgehead atoms. The molecule has 0 aliphatic heterocycles. The maximum Gasteiger partial charge on any atom is 0.160 e. The molecule has 0 amide bonds. The third-order valence-corrected chi connectivity index (χ3v) is 6.02. The van der Waals surface area contributed by atoms with Crippen LogP contribution in [0.4, 0.5) is 5.82 Å². The van der Waals surface area contributed by atoms with Gasteiger partial charge in [-0.3, -0.25) is 0 Å². The van der Waals surface area contributed by atoms with E-state index in [2.05, 4.69) is 37.3 Å². The Morgan fingerprint density at radius 2 is 2.17 bits per heavy atom. The van der Waals surface area contributed by atoms with E-state index in [1.165, 1.54) is 18.5 Å². The van der Waals surface area contributed by atoms with E-state index < -0.39 is 0 Å². The summed E-state index contributed by atoms with van der Waals surface area (Å²) in [7, 11) is 0. The third kappa shape index (κ3) is 2.61. The zero-order valence-electron chi connectivity index (χ0n) is 14.3. The Hall–Kier alpha value is -1.62. The standard InChI is InChI=1S/C18H27N5/c1-11-10-20-23-16(21-14-5-4-13(19)8-14)9-15(22-17(11)23)12(2)18(3)6-7-18/h9-10,12-14,21H,4-8,19H2,1-3H3/t12-,13-,14-/m0/s1. The monoisotopic (exact) mass is 313 g/mol. The molecule has 0 radical (unpaired) electrons. The lowest BCUT2D eigenvalue weighted by atomic mass is 9.89. The lowest BCUT2D eigenvalue weighted by molar-refractivity contribution is 0.460. The first-order valence-corrected chi connectivity index (χ1v) is 8.84. The van der Waals surface area contributed by atoms with Gasteiger partial charge in [0, 0.05) is 35.3 Å². The highest BCUT2D eigenvalue weighted by Crippen LogP contribution is 2.55. The van der Waals surface area contributed by atoms with Crippen LogP contribution in [0.25, 0.3) is 5.65 Å². The van der Waals surface area contributed by atoms with Gasteiger partial charge in [-0.1, -0.05) is 13.8 Å². The van der Waals surface area contributed by atoms with Crippen LogP contribution >= 0.6 is 0 Å². The molecule has 0 aromatic carbocycles. The van der Waals surface area contributed by atoms with E-state index in [0.29, 0.717) is 23.4 Å². The molecule has 0 unspecified atom stereocenters. The van der Waals surface area contributed by atoms with Crippen molar-refractivity contribution in [1.82, 2.24) is 14.6 Å². The Balaban J connectivity index is 1.72. The van der Waals surface area contributed by atoms with Gasteiger partial charge in [-0.15, -0.1) is 0 Å². The number of anilines is 1. The fraction of sp³-hybridized carbons (Fsp3) is 0.667. The van der Waals surface area contributed by atoms with E-state index in [1.54, 1.807) is 0 Å². The number of hydrogen-bond acceptors (Lipinski definition) is 4. The van der Waals surface area contributed by atoms with Crippen LogP contribution in [0.1, 0.15) is 63.1 Å². The van der Waals surface area contributed by atoms with Crippen molar-refractivity contribution in [3.8, 4) is 0 Å². The fourth-order valence-electron chi connectivity index (χ4n) is 3.76. The molecule has 0 saturated heterocycles. The topological polar surface area (TPSA) is 68.2 Å². The van der Waals surface area contributed by atoms with Crippen LogP contribution in [-0.2, 0) is 0 Å². The third-order valence-electron chi connectivity index (χ3n) is 6.02. The fourth-order valence-corrected chi connectivity index (χ4v) is 3.76. The predicted octanol–water partition coefficient (Wildman–Crippen LogP) is 3.23. The normalized spacial score (nSPS) is 27.3. The minimum atomic E-state index is 0.327. The summed E-state index contributed by atoms with van der Waals surface area (Å²) in [5.41, 5.74) is 9.78. The average molecular weight is 313 g/mol. The van der Waals surface area contributed by atoms with Gasteiger partial charge in [0.05, 0.1) is 6.20 Å². The smallest absolute Gasteiger partial charge is 0.160 e. The van der Waals surface area contributed by atoms with Crippen molar-refractivity contribution in [3.05, 3.63) is 23.5 Å². The molecule has 5 heteroatoms. The summed E-state index contributed by atoms with van der Waals surface area (Å²) in [5.74, 6) is 1.54. The summed E-state index contributed by atoms with van der Waals surface area (Å²) < 4.78 is 1.95. The van der Waals surface area contributed by atoms with Gasteiger partial charge in [0.25, 0.3) is 0 Å². The number of rotatable bonds is 4. The first-order chi connectivity index (χ1) is 11.0. The molecule has 2 fully saturated rings. The Morgan fingerprint density at radius 1 is 1.39 bits per heavy atom. The van der Waals surface area contributed by atoms with Crippen molar-refractivity contribution >= 4 is 11.5 Å². The van der Waals surface area contributed by atoms with Gasteiger partial charge < -0.3 is 11.1 Å². The molecule has 2 aliphatic carbocycles. The maximum absolute atomic E-state index is 6.06. The van der Waals surface area contributed by atoms with E-state index in [-0.39, 0.29) is 0 Å². The first kappa shape index (κ1) is 14.9. The van der Waals surface area contributed by atoms with Crippen LogP contribution in [0.5, 0.6) is 0 Å².